The van der Waals surface area contributed by atoms with Crippen LogP contribution in [0.15, 0.2) is 216 Å². The average molecular weight is 1070 g/mol. The number of benzene rings is 6. The largest absolute Gasteiger partial charge is 0.485 e. The third-order valence-electron chi connectivity index (χ3n) is 9.91. The summed E-state index contributed by atoms with van der Waals surface area (Å²) in [5.74, 6) is -0.450. The molecular weight excluding hydrogens is 993 g/mol. The number of carbonyl (C=O) groups excluding carboxylic acids is 1. The number of aliphatic carboxylic acids is 1. The standard InChI is InChI=1S/C23H22O4.C10H10O2.C9H9Br.C9H8O2.C9H10O.4CH4/c1-23(2)21(25-12-6-9-16-7-4-3-5-8-16)14-18-13-17-10-11-22(24)26-19(17)15-20(18)27-23;11-8-10(12)7-6-9-4-2-1-3-5-9;10-8-4-7-9-5-2-1-3-6-9;10-9(11)7-6-8-4-2-1-3-5-8;10-8-4-7-9-5-2-1-3-6-9;;;;/h3-11,13,15,21H,12,14H2,1-2H3;1-7,11H,8H2;1-7H,8H2;1-7H,(H,10,11);1-7,10H,8H2;4*1H4/b9-6+;7-6+;7-4+;7-6+;7-4+;;;;/t21-;;;;;;;;/m0......../s1. The van der Waals surface area contributed by atoms with Crippen LogP contribution in [0.5, 0.6) is 5.75 Å². The fourth-order valence-corrected chi connectivity index (χ4v) is 6.60. The summed E-state index contributed by atoms with van der Waals surface area (Å²) >= 11 is 3.32. The number of carboxylic acid groups (broad SMARTS) is 1. The minimum Gasteiger partial charge on any atom is -0.485 e. The van der Waals surface area contributed by atoms with Crippen molar-refractivity contribution in [1.82, 2.24) is 0 Å². The molecule has 0 radical (unpaired) electrons. The predicted molar refractivity (Wildman–Crippen MR) is 316 cm³/mol. The zero-order chi connectivity index (χ0) is 50.2. The Kier molecular flexibility index (Phi) is 34.3. The highest BCUT2D eigenvalue weighted by atomic mass is 79.9. The molecule has 9 nitrogen and oxygen atoms in total. The topological polar surface area (TPSA) is 144 Å². The van der Waals surface area contributed by atoms with E-state index in [0.717, 1.165) is 56.8 Å². The van der Waals surface area contributed by atoms with Crippen molar-refractivity contribution < 1.29 is 38.8 Å². The van der Waals surface area contributed by atoms with Crippen molar-refractivity contribution in [3.8, 4) is 5.75 Å². The van der Waals surface area contributed by atoms with Crippen LogP contribution in [-0.4, -0.2) is 63.9 Å². The van der Waals surface area contributed by atoms with Gasteiger partial charge in [0.15, 0.2) is 5.78 Å². The molecule has 1 atom stereocenters. The fraction of sp³-hybridized carbons (Fsp3) is 0.203. The number of carboxylic acids is 1. The highest BCUT2D eigenvalue weighted by molar-refractivity contribution is 9.09. The lowest BCUT2D eigenvalue weighted by molar-refractivity contribution is -0.131. The average Bonchev–Trinajstić information content (AvgIpc) is 3.39. The summed E-state index contributed by atoms with van der Waals surface area (Å²) in [7, 11) is 0. The molecule has 7 aromatic rings. The van der Waals surface area contributed by atoms with Gasteiger partial charge in [0.25, 0.3) is 0 Å². The number of hydrogen-bond donors (Lipinski definition) is 3. The van der Waals surface area contributed by atoms with Crippen molar-refractivity contribution >= 4 is 69.0 Å². The number of aliphatic hydroxyl groups is 2. The van der Waals surface area contributed by atoms with Crippen molar-refractivity contribution in [3.63, 3.8) is 0 Å². The first-order chi connectivity index (χ1) is 34.0. The first kappa shape index (κ1) is 66.5. The SMILES string of the molecule is BrC/C=C/c1ccccc1.C.C.C.C.CC1(C)Oc2cc3oc(=O)ccc3cc2C[C@@H]1OC/C=C/c1ccccc1.O=C(/C=C/c1ccccc1)CO.O=C(O)/C=C/c1ccccc1.OC/C=C/c1ccccc1. The lowest BCUT2D eigenvalue weighted by Crippen LogP contribution is -2.48. The maximum atomic E-state index is 11.4. The maximum Gasteiger partial charge on any atom is 0.336 e. The molecule has 3 N–H and O–H groups in total. The number of allylic oxidation sites excluding steroid dienone is 1. The van der Waals surface area contributed by atoms with Crippen LogP contribution in [0.2, 0.25) is 0 Å². The van der Waals surface area contributed by atoms with E-state index in [1.54, 1.807) is 30.4 Å². The summed E-state index contributed by atoms with van der Waals surface area (Å²) in [6.07, 6.45) is 18.3. The minimum absolute atomic E-state index is 0. The number of aliphatic hydroxyl groups excluding tert-OH is 2. The van der Waals surface area contributed by atoms with Crippen molar-refractivity contribution in [2.24, 2.45) is 0 Å². The molecule has 1 aliphatic rings. The van der Waals surface area contributed by atoms with Gasteiger partial charge in [-0.15, -0.1) is 0 Å². The third kappa shape index (κ3) is 26.3. The van der Waals surface area contributed by atoms with Crippen molar-refractivity contribution in [1.29, 1.82) is 0 Å². The number of carbonyl (C=O) groups is 2. The van der Waals surface area contributed by atoms with Crippen LogP contribution in [0.1, 0.15) is 76.9 Å². The van der Waals surface area contributed by atoms with Gasteiger partial charge in [-0.05, 0) is 71.5 Å². The Morgan fingerprint density at radius 3 is 1.47 bits per heavy atom. The van der Waals surface area contributed by atoms with Gasteiger partial charge in [0, 0.05) is 35.3 Å². The molecule has 392 valence electrons. The van der Waals surface area contributed by atoms with Crippen LogP contribution in [0.3, 0.4) is 0 Å². The van der Waals surface area contributed by atoms with Gasteiger partial charge < -0.3 is 29.2 Å². The number of ketones is 1. The van der Waals surface area contributed by atoms with Gasteiger partial charge in [-0.1, -0.05) is 240 Å². The van der Waals surface area contributed by atoms with Crippen LogP contribution < -0.4 is 10.4 Å². The molecule has 0 amide bonds. The predicted octanol–water partition coefficient (Wildman–Crippen LogP) is 15.0. The van der Waals surface area contributed by atoms with Crippen LogP contribution in [0, 0.1) is 0 Å². The summed E-state index contributed by atoms with van der Waals surface area (Å²) in [4.78, 5) is 32.2. The normalized spacial score (nSPS) is 12.7. The second-order valence-electron chi connectivity index (χ2n) is 15.7. The number of alkyl halides is 1. The van der Waals surface area contributed by atoms with Crippen LogP contribution in [0.25, 0.3) is 41.3 Å². The number of rotatable bonds is 13. The molecule has 8 rings (SSSR count). The molecule has 0 saturated heterocycles. The van der Waals surface area contributed by atoms with Crippen LogP contribution in [0.4, 0.5) is 0 Å². The molecule has 2 heterocycles. The summed E-state index contributed by atoms with van der Waals surface area (Å²) in [5, 5.41) is 26.9. The van der Waals surface area contributed by atoms with E-state index in [0.29, 0.717) is 12.2 Å². The Labute approximate surface area is 448 Å². The zero-order valence-corrected chi connectivity index (χ0v) is 40.9. The maximum absolute atomic E-state index is 11.4. The monoisotopic (exact) mass is 1070 g/mol. The summed E-state index contributed by atoms with van der Waals surface area (Å²) < 4.78 is 17.6. The third-order valence-corrected chi connectivity index (χ3v) is 10.3. The highest BCUT2D eigenvalue weighted by Gasteiger charge is 2.38. The summed E-state index contributed by atoms with van der Waals surface area (Å²) in [5.41, 5.74) is 6.15. The van der Waals surface area contributed by atoms with E-state index in [-0.39, 0.29) is 53.8 Å². The highest BCUT2D eigenvalue weighted by Crippen LogP contribution is 2.37. The molecule has 0 aliphatic carbocycles. The summed E-state index contributed by atoms with van der Waals surface area (Å²) in [6.45, 7) is 4.24. The van der Waals surface area contributed by atoms with E-state index in [9.17, 15) is 14.4 Å². The molecule has 0 bridgehead atoms. The van der Waals surface area contributed by atoms with E-state index in [1.165, 1.54) is 17.7 Å². The molecule has 10 heteroatoms. The first-order valence-corrected chi connectivity index (χ1v) is 23.6. The van der Waals surface area contributed by atoms with Gasteiger partial charge in [0.1, 0.15) is 29.6 Å². The van der Waals surface area contributed by atoms with Crippen molar-refractivity contribution in [2.45, 2.75) is 61.7 Å². The van der Waals surface area contributed by atoms with Gasteiger partial charge >= 0.3 is 11.6 Å². The smallest absolute Gasteiger partial charge is 0.336 e. The number of hydrogen-bond acceptors (Lipinski definition) is 8. The molecule has 0 unspecified atom stereocenters. The van der Waals surface area contributed by atoms with Crippen molar-refractivity contribution in [2.75, 3.05) is 25.2 Å². The van der Waals surface area contributed by atoms with E-state index in [2.05, 4.69) is 58.4 Å². The molecular formula is C64H75BrO9. The molecule has 1 aromatic heterocycles. The van der Waals surface area contributed by atoms with Crippen LogP contribution in [-0.2, 0) is 20.7 Å². The Balaban J connectivity index is 0.000000963. The second kappa shape index (κ2) is 38.2. The van der Waals surface area contributed by atoms with Gasteiger partial charge in [0.2, 0.25) is 0 Å². The zero-order valence-electron chi connectivity index (χ0n) is 39.3. The van der Waals surface area contributed by atoms with E-state index in [4.69, 9.17) is 29.2 Å². The molecule has 0 saturated carbocycles. The van der Waals surface area contributed by atoms with Crippen LogP contribution >= 0.6 is 15.9 Å². The van der Waals surface area contributed by atoms with Gasteiger partial charge in [0.05, 0.1) is 13.2 Å². The van der Waals surface area contributed by atoms with Crippen molar-refractivity contribution in [3.05, 3.63) is 250 Å². The number of halogens is 1. The van der Waals surface area contributed by atoms with Gasteiger partial charge in [-0.25, -0.2) is 9.59 Å². The molecule has 1 aliphatic heterocycles. The Morgan fingerprint density at radius 2 is 1.04 bits per heavy atom. The van der Waals surface area contributed by atoms with Gasteiger partial charge in [-0.2, -0.15) is 0 Å². The molecule has 0 fully saturated rings. The Hall–Kier alpha value is -7.47. The van der Waals surface area contributed by atoms with E-state index >= 15 is 0 Å². The fourth-order valence-electron chi connectivity index (χ4n) is 6.41. The first-order valence-electron chi connectivity index (χ1n) is 22.5. The van der Waals surface area contributed by atoms with E-state index < -0.39 is 18.2 Å². The van der Waals surface area contributed by atoms with E-state index in [1.807, 2.05) is 159 Å². The Morgan fingerprint density at radius 1 is 0.608 bits per heavy atom. The quantitative estimate of drug-likeness (QED) is 0.0584. The summed E-state index contributed by atoms with van der Waals surface area (Å²) in [6, 6.07) is 56.1. The minimum atomic E-state index is -0.922. The second-order valence-corrected chi connectivity index (χ2v) is 16.4. The molecule has 74 heavy (non-hydrogen) atoms. The molecule has 0 spiro atoms. The number of ether oxygens (including phenoxy) is 2. The van der Waals surface area contributed by atoms with Gasteiger partial charge in [-0.3, -0.25) is 4.79 Å². The lowest BCUT2D eigenvalue weighted by Gasteiger charge is -2.39. The molecule has 6 aromatic carbocycles. The lowest BCUT2D eigenvalue weighted by atomic mass is 9.90. The Bertz CT molecular complexity index is 2750. The number of fused-ring (bicyclic) bond motifs is 2.